The Morgan fingerprint density at radius 3 is 2.44 bits per heavy atom. The first-order valence-corrected chi connectivity index (χ1v) is 20.4. The summed E-state index contributed by atoms with van der Waals surface area (Å²) in [7, 11) is 1.60. The zero-order valence-corrected chi connectivity index (χ0v) is 32.1. The number of carbonyl (C=O) groups excluding carboxylic acids is 1. The minimum atomic E-state index is -2.09. The van der Waals surface area contributed by atoms with Crippen molar-refractivity contribution >= 4 is 43.2 Å². The van der Waals surface area contributed by atoms with Crippen LogP contribution < -0.4 is 9.33 Å². The zero-order chi connectivity index (χ0) is 36.4. The molecule has 0 radical (unpaired) electrons. The molecule has 1 N–H and O–H groups in total. The standard InChI is InChI=1S/C38H49ClN4O6Si/c1-25-30(23-33(41(25)5)31-22-26(39)14-19-29(31)37(45)46)36(44)43(27-15-17-28(18-16-27)49-50(7,8)38(2,3)4)34-24-40-42(6)32(34)12-11-21-48-35-13-9-10-20-47-35/h14-19,22-24,35H,9-13,20-21H2,1-8H3,(H,45,46). The average molecular weight is 721 g/mol. The number of hydrogen-bond acceptors (Lipinski definition) is 6. The number of aromatic nitrogens is 3. The van der Waals surface area contributed by atoms with Crippen molar-refractivity contribution < 1.29 is 28.6 Å². The van der Waals surface area contributed by atoms with Gasteiger partial charge in [-0.1, -0.05) is 32.4 Å². The topological polar surface area (TPSA) is 108 Å². The van der Waals surface area contributed by atoms with Crippen molar-refractivity contribution in [2.24, 2.45) is 14.1 Å². The molecule has 0 bridgehead atoms. The molecular weight excluding hydrogens is 672 g/mol. The molecule has 1 unspecified atom stereocenters. The van der Waals surface area contributed by atoms with Crippen LogP contribution in [-0.4, -0.2) is 59.2 Å². The van der Waals surface area contributed by atoms with Crippen LogP contribution in [0.25, 0.3) is 11.3 Å². The molecular formula is C38H49ClN4O6Si. The molecule has 0 saturated carbocycles. The summed E-state index contributed by atoms with van der Waals surface area (Å²) in [5.41, 5.74) is 4.38. The molecule has 5 rings (SSSR count). The summed E-state index contributed by atoms with van der Waals surface area (Å²) in [6, 6.07) is 14.0. The molecule has 50 heavy (non-hydrogen) atoms. The maximum atomic E-state index is 14.9. The largest absolute Gasteiger partial charge is 0.544 e. The summed E-state index contributed by atoms with van der Waals surface area (Å²) in [4.78, 5) is 28.7. The molecule has 4 aromatic rings. The van der Waals surface area contributed by atoms with E-state index in [9.17, 15) is 14.7 Å². The van der Waals surface area contributed by atoms with E-state index in [2.05, 4.69) is 39.0 Å². The summed E-state index contributed by atoms with van der Waals surface area (Å²) in [5.74, 6) is -0.604. The van der Waals surface area contributed by atoms with Gasteiger partial charge >= 0.3 is 5.97 Å². The van der Waals surface area contributed by atoms with E-state index in [0.717, 1.165) is 43.7 Å². The van der Waals surface area contributed by atoms with Crippen LogP contribution in [0.4, 0.5) is 11.4 Å². The monoisotopic (exact) mass is 720 g/mol. The highest BCUT2D eigenvalue weighted by atomic mass is 35.5. The fourth-order valence-electron chi connectivity index (χ4n) is 5.91. The summed E-state index contributed by atoms with van der Waals surface area (Å²) in [6.07, 6.45) is 5.95. The Hall–Kier alpha value is -3.90. The number of hydrogen-bond donors (Lipinski definition) is 1. The SMILES string of the molecule is Cc1c(C(=O)N(c2ccc(O[Si](C)(C)C(C)(C)C)cc2)c2cnn(C)c2CCCOC2CCCCO2)cc(-c2cc(Cl)ccc2C(=O)O)n1C. The van der Waals surface area contributed by atoms with Gasteiger partial charge in [0.25, 0.3) is 5.91 Å². The van der Waals surface area contributed by atoms with Crippen molar-refractivity contribution in [3.05, 3.63) is 82.3 Å². The average Bonchev–Trinajstić information content (AvgIpc) is 3.57. The Morgan fingerprint density at radius 1 is 1.08 bits per heavy atom. The summed E-state index contributed by atoms with van der Waals surface area (Å²) < 4.78 is 21.9. The van der Waals surface area contributed by atoms with Gasteiger partial charge in [-0.05, 0) is 106 Å². The second-order valence-corrected chi connectivity index (χ2v) is 19.6. The third kappa shape index (κ3) is 8.01. The molecule has 0 spiro atoms. The fraction of sp³-hybridized carbons (Fsp3) is 0.447. The molecule has 268 valence electrons. The summed E-state index contributed by atoms with van der Waals surface area (Å²) >= 11 is 6.33. The number of halogens is 1. The number of nitrogens with zero attached hydrogens (tertiary/aromatic N) is 4. The molecule has 2 aromatic carbocycles. The van der Waals surface area contributed by atoms with Crippen molar-refractivity contribution in [1.29, 1.82) is 0 Å². The van der Waals surface area contributed by atoms with E-state index in [4.69, 9.17) is 25.5 Å². The molecule has 1 aliphatic rings. The third-order valence-electron chi connectivity index (χ3n) is 10.0. The van der Waals surface area contributed by atoms with E-state index >= 15 is 0 Å². The molecule has 1 atom stereocenters. The van der Waals surface area contributed by atoms with Crippen molar-refractivity contribution in [2.75, 3.05) is 18.1 Å². The molecule has 1 amide bonds. The highest BCUT2D eigenvalue weighted by Crippen LogP contribution is 2.39. The van der Waals surface area contributed by atoms with Gasteiger partial charge in [0.1, 0.15) is 5.75 Å². The second-order valence-electron chi connectivity index (χ2n) is 14.5. The zero-order valence-electron chi connectivity index (χ0n) is 30.4. The number of carbonyl (C=O) groups is 2. The van der Waals surface area contributed by atoms with E-state index in [0.29, 0.717) is 51.9 Å². The van der Waals surface area contributed by atoms with Crippen LogP contribution in [0.2, 0.25) is 23.2 Å². The first-order valence-electron chi connectivity index (χ1n) is 17.2. The number of aryl methyl sites for hydroxylation is 1. The van der Waals surface area contributed by atoms with Crippen LogP contribution in [0, 0.1) is 6.92 Å². The van der Waals surface area contributed by atoms with Crippen LogP contribution in [0.15, 0.2) is 54.7 Å². The van der Waals surface area contributed by atoms with Gasteiger partial charge in [-0.25, -0.2) is 4.79 Å². The Bertz CT molecular complexity index is 1840. The van der Waals surface area contributed by atoms with Crippen molar-refractivity contribution in [1.82, 2.24) is 14.3 Å². The maximum Gasteiger partial charge on any atom is 0.336 e. The van der Waals surface area contributed by atoms with E-state index in [1.807, 2.05) is 49.9 Å². The molecule has 0 aliphatic carbocycles. The number of ether oxygens (including phenoxy) is 2. The maximum absolute atomic E-state index is 14.9. The second kappa shape index (κ2) is 15.1. The number of anilines is 2. The van der Waals surface area contributed by atoms with Crippen molar-refractivity contribution in [3.8, 4) is 17.0 Å². The van der Waals surface area contributed by atoms with E-state index in [1.54, 1.807) is 34.0 Å². The predicted molar refractivity (Wildman–Crippen MR) is 199 cm³/mol. The number of benzene rings is 2. The van der Waals surface area contributed by atoms with Crippen LogP contribution in [0.1, 0.15) is 78.6 Å². The normalized spacial score (nSPS) is 15.3. The molecule has 3 heterocycles. The van der Waals surface area contributed by atoms with E-state index in [-0.39, 0.29) is 22.8 Å². The first kappa shape index (κ1) is 37.4. The van der Waals surface area contributed by atoms with Gasteiger partial charge in [-0.15, -0.1) is 0 Å². The highest BCUT2D eigenvalue weighted by Gasteiger charge is 2.39. The van der Waals surface area contributed by atoms with Crippen LogP contribution in [-0.2, 0) is 30.0 Å². The van der Waals surface area contributed by atoms with Crippen LogP contribution in [0.3, 0.4) is 0 Å². The summed E-state index contributed by atoms with van der Waals surface area (Å²) in [6.45, 7) is 14.1. The Balaban J connectivity index is 1.53. The molecule has 1 saturated heterocycles. The fourth-order valence-corrected chi connectivity index (χ4v) is 7.11. The Morgan fingerprint density at radius 2 is 1.80 bits per heavy atom. The van der Waals surface area contributed by atoms with Gasteiger partial charge in [0.2, 0.25) is 8.32 Å². The number of rotatable bonds is 12. The van der Waals surface area contributed by atoms with Crippen molar-refractivity contribution in [2.45, 2.75) is 84.2 Å². The molecule has 12 heteroatoms. The van der Waals surface area contributed by atoms with E-state index in [1.165, 1.54) is 6.07 Å². The Labute approximate surface area is 301 Å². The molecule has 1 aliphatic heterocycles. The molecule has 10 nitrogen and oxygen atoms in total. The molecule has 1 fully saturated rings. The van der Waals surface area contributed by atoms with Gasteiger partial charge < -0.3 is 23.6 Å². The summed E-state index contributed by atoms with van der Waals surface area (Å²) in [5, 5.41) is 15.0. The lowest BCUT2D eigenvalue weighted by Gasteiger charge is -2.36. The highest BCUT2D eigenvalue weighted by molar-refractivity contribution is 6.74. The lowest BCUT2D eigenvalue weighted by molar-refractivity contribution is -0.162. The van der Waals surface area contributed by atoms with Gasteiger partial charge in [0.05, 0.1) is 35.3 Å². The number of carboxylic acid groups (broad SMARTS) is 1. The third-order valence-corrected chi connectivity index (χ3v) is 14.6. The van der Waals surface area contributed by atoms with Gasteiger partial charge in [0, 0.05) is 48.4 Å². The van der Waals surface area contributed by atoms with E-state index < -0.39 is 14.3 Å². The van der Waals surface area contributed by atoms with Gasteiger partial charge in [-0.3, -0.25) is 14.4 Å². The van der Waals surface area contributed by atoms with Crippen molar-refractivity contribution in [3.63, 3.8) is 0 Å². The van der Waals surface area contributed by atoms with Crippen LogP contribution in [0.5, 0.6) is 5.75 Å². The Kier molecular flexibility index (Phi) is 11.3. The number of aromatic carboxylic acids is 1. The first-order chi connectivity index (χ1) is 23.6. The lowest BCUT2D eigenvalue weighted by Crippen LogP contribution is -2.43. The number of amides is 1. The van der Waals surface area contributed by atoms with Gasteiger partial charge in [-0.2, -0.15) is 5.10 Å². The smallest absolute Gasteiger partial charge is 0.336 e. The lowest BCUT2D eigenvalue weighted by atomic mass is 10.0. The number of carboxylic acids is 1. The minimum Gasteiger partial charge on any atom is -0.544 e. The predicted octanol–water partition coefficient (Wildman–Crippen LogP) is 8.92. The quantitative estimate of drug-likeness (QED) is 0.115. The van der Waals surface area contributed by atoms with Gasteiger partial charge in [0.15, 0.2) is 6.29 Å². The molecule has 2 aromatic heterocycles. The minimum absolute atomic E-state index is 0.0249. The van der Waals surface area contributed by atoms with Crippen LogP contribution >= 0.6 is 11.6 Å².